The summed E-state index contributed by atoms with van der Waals surface area (Å²) < 4.78 is 32.2. The standard InChI is InChI=1S/C13H12BrN3O4S/c1-17-7-8-6-9(2-3-10(8)15-13(17)18)16-22(19,20)12-5-4-11(14)21-12/h2-6,16H,7H2,1H3,(H,15,18). The Balaban J connectivity index is 1.88. The number of hydrogen-bond donors (Lipinski definition) is 2. The number of furan rings is 1. The van der Waals surface area contributed by atoms with Crippen molar-refractivity contribution < 1.29 is 17.6 Å². The van der Waals surface area contributed by atoms with E-state index in [-0.39, 0.29) is 11.1 Å². The molecule has 2 N–H and O–H groups in total. The molecule has 2 heterocycles. The average Bonchev–Trinajstić information content (AvgIpc) is 2.88. The van der Waals surface area contributed by atoms with E-state index in [1.165, 1.54) is 17.0 Å². The van der Waals surface area contributed by atoms with Crippen molar-refractivity contribution in [3.63, 3.8) is 0 Å². The number of hydrogen-bond acceptors (Lipinski definition) is 4. The number of sulfonamides is 1. The molecule has 1 aliphatic rings. The number of nitrogens with one attached hydrogen (secondary N) is 2. The van der Waals surface area contributed by atoms with Crippen LogP contribution in [0.4, 0.5) is 16.2 Å². The molecule has 0 unspecified atom stereocenters. The normalized spacial score (nSPS) is 14.5. The van der Waals surface area contributed by atoms with E-state index in [2.05, 4.69) is 26.0 Å². The van der Waals surface area contributed by atoms with Gasteiger partial charge in [-0.05, 0) is 51.8 Å². The van der Waals surface area contributed by atoms with Gasteiger partial charge in [-0.3, -0.25) is 4.72 Å². The van der Waals surface area contributed by atoms with Crippen LogP contribution in [0.3, 0.4) is 0 Å². The summed E-state index contributed by atoms with van der Waals surface area (Å²) in [7, 11) is -2.13. The first-order valence-corrected chi connectivity index (χ1v) is 8.56. The van der Waals surface area contributed by atoms with Crippen LogP contribution < -0.4 is 10.0 Å². The minimum Gasteiger partial charge on any atom is -0.436 e. The van der Waals surface area contributed by atoms with Crippen LogP contribution in [0, 0.1) is 0 Å². The van der Waals surface area contributed by atoms with Crippen LogP contribution in [0.2, 0.25) is 0 Å². The molecule has 22 heavy (non-hydrogen) atoms. The number of benzene rings is 1. The van der Waals surface area contributed by atoms with E-state index in [1.54, 1.807) is 25.2 Å². The van der Waals surface area contributed by atoms with Crippen molar-refractivity contribution in [3.05, 3.63) is 40.6 Å². The van der Waals surface area contributed by atoms with Crippen molar-refractivity contribution in [3.8, 4) is 0 Å². The Morgan fingerprint density at radius 2 is 2.09 bits per heavy atom. The molecule has 116 valence electrons. The second kappa shape index (κ2) is 5.33. The molecule has 1 aliphatic heterocycles. The minimum absolute atomic E-state index is 0.178. The smallest absolute Gasteiger partial charge is 0.321 e. The third kappa shape index (κ3) is 2.81. The quantitative estimate of drug-likeness (QED) is 0.849. The Morgan fingerprint density at radius 1 is 1.32 bits per heavy atom. The highest BCUT2D eigenvalue weighted by atomic mass is 79.9. The van der Waals surface area contributed by atoms with Gasteiger partial charge in [-0.1, -0.05) is 0 Å². The van der Waals surface area contributed by atoms with Crippen LogP contribution >= 0.6 is 15.9 Å². The zero-order chi connectivity index (χ0) is 15.9. The van der Waals surface area contributed by atoms with E-state index in [0.717, 1.165) is 5.56 Å². The van der Waals surface area contributed by atoms with Gasteiger partial charge in [0.15, 0.2) is 4.67 Å². The molecule has 7 nitrogen and oxygen atoms in total. The summed E-state index contributed by atoms with van der Waals surface area (Å²) in [5.41, 5.74) is 1.89. The number of fused-ring (bicyclic) bond motifs is 1. The van der Waals surface area contributed by atoms with E-state index in [4.69, 9.17) is 4.42 Å². The highest BCUT2D eigenvalue weighted by Gasteiger charge is 2.22. The molecular weight excluding hydrogens is 374 g/mol. The molecule has 0 spiro atoms. The van der Waals surface area contributed by atoms with Gasteiger partial charge in [0.2, 0.25) is 5.09 Å². The van der Waals surface area contributed by atoms with Gasteiger partial charge in [0.05, 0.1) is 0 Å². The third-order valence-electron chi connectivity index (χ3n) is 3.17. The van der Waals surface area contributed by atoms with Crippen molar-refractivity contribution in [2.75, 3.05) is 17.1 Å². The summed E-state index contributed by atoms with van der Waals surface area (Å²) in [6.07, 6.45) is 0. The van der Waals surface area contributed by atoms with E-state index < -0.39 is 10.0 Å². The monoisotopic (exact) mass is 385 g/mol. The lowest BCUT2D eigenvalue weighted by molar-refractivity contribution is 0.218. The molecule has 0 saturated heterocycles. The van der Waals surface area contributed by atoms with Crippen molar-refractivity contribution >= 4 is 43.4 Å². The van der Waals surface area contributed by atoms with Gasteiger partial charge >= 0.3 is 6.03 Å². The SMILES string of the molecule is CN1Cc2cc(NS(=O)(=O)c3ccc(Br)o3)ccc2NC1=O. The second-order valence-corrected chi connectivity index (χ2v) is 7.22. The van der Waals surface area contributed by atoms with Crippen LogP contribution in [0.25, 0.3) is 0 Å². The molecule has 1 aromatic carbocycles. The van der Waals surface area contributed by atoms with Crippen LogP contribution in [0.1, 0.15) is 5.56 Å². The van der Waals surface area contributed by atoms with Gasteiger partial charge in [-0.25, -0.2) is 4.79 Å². The van der Waals surface area contributed by atoms with E-state index >= 15 is 0 Å². The number of nitrogens with zero attached hydrogens (tertiary/aromatic N) is 1. The zero-order valence-electron chi connectivity index (χ0n) is 11.5. The van der Waals surface area contributed by atoms with Gasteiger partial charge in [-0.15, -0.1) is 0 Å². The molecule has 1 aromatic heterocycles. The number of anilines is 2. The Labute approximate surface area is 135 Å². The van der Waals surface area contributed by atoms with Gasteiger partial charge in [0.25, 0.3) is 10.0 Å². The zero-order valence-corrected chi connectivity index (χ0v) is 13.9. The fourth-order valence-corrected chi connectivity index (χ4v) is 3.49. The highest BCUT2D eigenvalue weighted by Crippen LogP contribution is 2.27. The van der Waals surface area contributed by atoms with Crippen LogP contribution in [-0.4, -0.2) is 26.4 Å². The molecule has 3 rings (SSSR count). The maximum atomic E-state index is 12.2. The van der Waals surface area contributed by atoms with Crippen molar-refractivity contribution in [2.45, 2.75) is 11.6 Å². The Morgan fingerprint density at radius 3 is 2.77 bits per heavy atom. The highest BCUT2D eigenvalue weighted by molar-refractivity contribution is 9.10. The summed E-state index contributed by atoms with van der Waals surface area (Å²) in [6, 6.07) is 7.60. The van der Waals surface area contributed by atoms with Crippen LogP contribution in [-0.2, 0) is 16.6 Å². The minimum atomic E-state index is -3.79. The maximum Gasteiger partial charge on any atom is 0.321 e. The number of carbonyl (C=O) groups excluding carboxylic acids is 1. The van der Waals surface area contributed by atoms with Crippen molar-refractivity contribution in [1.29, 1.82) is 0 Å². The van der Waals surface area contributed by atoms with Crippen LogP contribution in [0.15, 0.2) is 44.5 Å². The first-order chi connectivity index (χ1) is 10.3. The molecule has 0 aliphatic carbocycles. The number of amides is 2. The number of halogens is 1. The largest absolute Gasteiger partial charge is 0.436 e. The molecule has 0 saturated carbocycles. The fourth-order valence-electron chi connectivity index (χ4n) is 2.10. The second-order valence-electron chi connectivity index (χ2n) is 4.82. The third-order valence-corrected chi connectivity index (χ3v) is 4.85. The molecular formula is C13H12BrN3O4S. The van der Waals surface area contributed by atoms with Gasteiger partial charge in [0.1, 0.15) is 0 Å². The fraction of sp³-hybridized carbons (Fsp3) is 0.154. The van der Waals surface area contributed by atoms with Crippen molar-refractivity contribution in [1.82, 2.24) is 4.90 Å². The predicted octanol–water partition coefficient (Wildman–Crippen LogP) is 2.82. The Kier molecular flexibility index (Phi) is 3.61. The topological polar surface area (TPSA) is 91.7 Å². The molecule has 0 fully saturated rings. The summed E-state index contributed by atoms with van der Waals surface area (Å²) in [5.74, 6) is 0. The van der Waals surface area contributed by atoms with Gasteiger partial charge in [-0.2, -0.15) is 8.42 Å². The number of urea groups is 1. The maximum absolute atomic E-state index is 12.2. The predicted molar refractivity (Wildman–Crippen MR) is 84.1 cm³/mol. The van der Waals surface area contributed by atoms with E-state index in [9.17, 15) is 13.2 Å². The van der Waals surface area contributed by atoms with Gasteiger partial charge in [0, 0.05) is 25.0 Å². The van der Waals surface area contributed by atoms with Crippen molar-refractivity contribution in [2.24, 2.45) is 0 Å². The molecule has 2 amide bonds. The average molecular weight is 386 g/mol. The summed E-state index contributed by atoms with van der Waals surface area (Å²) >= 11 is 3.07. The molecule has 0 atom stereocenters. The van der Waals surface area contributed by atoms with E-state index in [1.807, 2.05) is 0 Å². The first kappa shape index (κ1) is 14.9. The van der Waals surface area contributed by atoms with Gasteiger partial charge < -0.3 is 14.6 Å². The van der Waals surface area contributed by atoms with E-state index in [0.29, 0.717) is 22.6 Å². The lowest BCUT2D eigenvalue weighted by Crippen LogP contribution is -2.35. The first-order valence-electron chi connectivity index (χ1n) is 6.28. The molecule has 0 bridgehead atoms. The molecule has 0 radical (unpaired) electrons. The summed E-state index contributed by atoms with van der Waals surface area (Å²) in [4.78, 5) is 13.0. The lowest BCUT2D eigenvalue weighted by atomic mass is 10.1. The Bertz CT molecular complexity index is 847. The Hall–Kier alpha value is -2.00. The number of carbonyl (C=O) groups is 1. The number of rotatable bonds is 3. The molecule has 2 aromatic rings. The lowest BCUT2D eigenvalue weighted by Gasteiger charge is -2.26. The van der Waals surface area contributed by atoms with Crippen LogP contribution in [0.5, 0.6) is 0 Å². The summed E-state index contributed by atoms with van der Waals surface area (Å²) in [6.45, 7) is 0.406. The summed E-state index contributed by atoms with van der Waals surface area (Å²) in [5, 5.41) is 2.54. The molecule has 9 heteroatoms.